The number of carboxylic acid groups (broad SMARTS) is 1. The van der Waals surface area contributed by atoms with E-state index in [1.165, 1.54) is 31.4 Å². The molecular formula is C15H11BrNO4-. The molecule has 0 aliphatic rings. The van der Waals surface area contributed by atoms with Gasteiger partial charge < -0.3 is 20.0 Å². The first-order chi connectivity index (χ1) is 10.0. The van der Waals surface area contributed by atoms with Crippen LogP contribution in [0, 0.1) is 0 Å². The molecule has 2 aromatic rings. The Morgan fingerprint density at radius 2 is 1.81 bits per heavy atom. The van der Waals surface area contributed by atoms with Crippen molar-refractivity contribution in [3.05, 3.63) is 58.1 Å². The Kier molecular flexibility index (Phi) is 4.59. The molecule has 21 heavy (non-hydrogen) atoms. The van der Waals surface area contributed by atoms with Gasteiger partial charge in [-0.1, -0.05) is 28.1 Å². The lowest BCUT2D eigenvalue weighted by Gasteiger charge is -2.10. The number of carbonyl (C=O) groups is 2. The van der Waals surface area contributed by atoms with E-state index in [2.05, 4.69) is 21.2 Å². The fourth-order valence-electron chi connectivity index (χ4n) is 1.75. The van der Waals surface area contributed by atoms with Crippen molar-refractivity contribution in [2.45, 2.75) is 0 Å². The molecule has 0 spiro atoms. The number of carbonyl (C=O) groups excluding carboxylic acids is 2. The highest BCUT2D eigenvalue weighted by atomic mass is 79.9. The Balaban J connectivity index is 2.21. The highest BCUT2D eigenvalue weighted by molar-refractivity contribution is 9.10. The van der Waals surface area contributed by atoms with Crippen molar-refractivity contribution in [2.75, 3.05) is 12.4 Å². The van der Waals surface area contributed by atoms with Gasteiger partial charge in [-0.25, -0.2) is 0 Å². The SMILES string of the molecule is COc1ccc(Br)cc1C(=O)Nc1ccc(C(=O)[O-])cc1. The molecule has 0 saturated heterocycles. The fourth-order valence-corrected chi connectivity index (χ4v) is 2.11. The normalized spacial score (nSPS) is 10.0. The number of aromatic carboxylic acids is 1. The maximum atomic E-state index is 12.2. The Bertz CT molecular complexity index is 683. The van der Waals surface area contributed by atoms with Crippen LogP contribution in [0.5, 0.6) is 5.75 Å². The third-order valence-corrected chi connectivity index (χ3v) is 3.28. The van der Waals surface area contributed by atoms with Crippen molar-refractivity contribution >= 4 is 33.5 Å². The number of anilines is 1. The summed E-state index contributed by atoms with van der Waals surface area (Å²) in [6.45, 7) is 0. The zero-order valence-corrected chi connectivity index (χ0v) is 12.6. The van der Waals surface area contributed by atoms with Crippen molar-refractivity contribution < 1.29 is 19.4 Å². The predicted molar refractivity (Wildman–Crippen MR) is 79.4 cm³/mol. The molecular weight excluding hydrogens is 338 g/mol. The van der Waals surface area contributed by atoms with Crippen LogP contribution in [0.25, 0.3) is 0 Å². The van der Waals surface area contributed by atoms with Gasteiger partial charge in [-0.05, 0) is 35.9 Å². The second kappa shape index (κ2) is 6.41. The number of rotatable bonds is 4. The van der Waals surface area contributed by atoms with Crippen molar-refractivity contribution in [1.29, 1.82) is 0 Å². The smallest absolute Gasteiger partial charge is 0.259 e. The lowest BCUT2D eigenvalue weighted by molar-refractivity contribution is -0.255. The molecule has 6 heteroatoms. The van der Waals surface area contributed by atoms with Gasteiger partial charge >= 0.3 is 0 Å². The summed E-state index contributed by atoms with van der Waals surface area (Å²) in [5.74, 6) is -1.17. The first-order valence-corrected chi connectivity index (χ1v) is 6.77. The number of amides is 1. The monoisotopic (exact) mass is 348 g/mol. The molecule has 0 fully saturated rings. The van der Waals surface area contributed by atoms with Gasteiger partial charge in [-0.3, -0.25) is 4.79 Å². The van der Waals surface area contributed by atoms with E-state index in [4.69, 9.17) is 4.74 Å². The van der Waals surface area contributed by atoms with Crippen molar-refractivity contribution in [3.63, 3.8) is 0 Å². The molecule has 2 aromatic carbocycles. The summed E-state index contributed by atoms with van der Waals surface area (Å²) < 4.78 is 5.89. The van der Waals surface area contributed by atoms with Gasteiger partial charge in [0.15, 0.2) is 0 Å². The number of methoxy groups -OCH3 is 1. The molecule has 1 N–H and O–H groups in total. The Labute approximate surface area is 129 Å². The van der Waals surface area contributed by atoms with E-state index in [-0.39, 0.29) is 11.5 Å². The minimum Gasteiger partial charge on any atom is -0.545 e. The van der Waals surface area contributed by atoms with Gasteiger partial charge in [0.2, 0.25) is 0 Å². The molecule has 0 heterocycles. The summed E-state index contributed by atoms with van der Waals surface area (Å²) in [6, 6.07) is 10.8. The Morgan fingerprint density at radius 3 is 2.38 bits per heavy atom. The molecule has 0 aliphatic heterocycles. The molecule has 0 saturated carbocycles. The zero-order valence-electron chi connectivity index (χ0n) is 11.1. The zero-order chi connectivity index (χ0) is 15.4. The van der Waals surface area contributed by atoms with E-state index < -0.39 is 5.97 Å². The fraction of sp³-hybridized carbons (Fsp3) is 0.0667. The second-order valence-electron chi connectivity index (χ2n) is 4.16. The quantitative estimate of drug-likeness (QED) is 0.917. The summed E-state index contributed by atoms with van der Waals surface area (Å²) >= 11 is 3.30. The van der Waals surface area contributed by atoms with Gasteiger partial charge in [0, 0.05) is 10.2 Å². The van der Waals surface area contributed by atoms with Crippen LogP contribution in [0.3, 0.4) is 0 Å². The highest BCUT2D eigenvalue weighted by Crippen LogP contribution is 2.24. The van der Waals surface area contributed by atoms with Crippen LogP contribution in [0.2, 0.25) is 0 Å². The Hall–Kier alpha value is -2.34. The van der Waals surface area contributed by atoms with Crippen LogP contribution in [0.15, 0.2) is 46.9 Å². The number of benzene rings is 2. The van der Waals surface area contributed by atoms with Gasteiger partial charge in [0.05, 0.1) is 18.6 Å². The number of nitrogens with one attached hydrogen (secondary N) is 1. The molecule has 0 radical (unpaired) electrons. The van der Waals surface area contributed by atoms with E-state index in [1.807, 2.05) is 0 Å². The highest BCUT2D eigenvalue weighted by Gasteiger charge is 2.13. The first kappa shape index (κ1) is 15.1. The summed E-state index contributed by atoms with van der Waals surface area (Å²) in [4.78, 5) is 22.9. The lowest BCUT2D eigenvalue weighted by Crippen LogP contribution is -2.22. The molecule has 108 valence electrons. The summed E-state index contributed by atoms with van der Waals surface area (Å²) in [5, 5.41) is 13.3. The van der Waals surface area contributed by atoms with E-state index in [0.29, 0.717) is 17.0 Å². The maximum Gasteiger partial charge on any atom is 0.259 e. The van der Waals surface area contributed by atoms with Crippen LogP contribution in [0.1, 0.15) is 20.7 Å². The van der Waals surface area contributed by atoms with Gasteiger partial charge in [0.25, 0.3) is 5.91 Å². The largest absolute Gasteiger partial charge is 0.545 e. The number of halogens is 1. The topological polar surface area (TPSA) is 78.5 Å². The molecule has 1 amide bonds. The van der Waals surface area contributed by atoms with Gasteiger partial charge in [0.1, 0.15) is 5.75 Å². The van der Waals surface area contributed by atoms with Crippen LogP contribution in [-0.4, -0.2) is 19.0 Å². The average Bonchev–Trinajstić information content (AvgIpc) is 2.47. The summed E-state index contributed by atoms with van der Waals surface area (Å²) in [6.07, 6.45) is 0. The molecule has 5 nitrogen and oxygen atoms in total. The third kappa shape index (κ3) is 3.61. The van der Waals surface area contributed by atoms with Gasteiger partial charge in [-0.15, -0.1) is 0 Å². The second-order valence-corrected chi connectivity index (χ2v) is 5.08. The minimum absolute atomic E-state index is 0.0491. The standard InChI is InChI=1S/C15H12BrNO4/c1-21-13-7-4-10(16)8-12(13)14(18)17-11-5-2-9(3-6-11)15(19)20/h2-8H,1H3,(H,17,18)(H,19,20)/p-1. The van der Waals surface area contributed by atoms with Crippen LogP contribution < -0.4 is 15.2 Å². The summed E-state index contributed by atoms with van der Waals surface area (Å²) in [7, 11) is 1.48. The minimum atomic E-state index is -1.26. The molecule has 0 atom stereocenters. The number of ether oxygens (including phenoxy) is 1. The number of carboxylic acids is 1. The molecule has 0 aliphatic carbocycles. The predicted octanol–water partition coefficient (Wildman–Crippen LogP) is 2.07. The van der Waals surface area contributed by atoms with E-state index in [9.17, 15) is 14.7 Å². The van der Waals surface area contributed by atoms with Crippen LogP contribution in [-0.2, 0) is 0 Å². The lowest BCUT2D eigenvalue weighted by atomic mass is 10.1. The maximum absolute atomic E-state index is 12.2. The summed E-state index contributed by atoms with van der Waals surface area (Å²) in [5.41, 5.74) is 0.899. The van der Waals surface area contributed by atoms with Crippen molar-refractivity contribution in [1.82, 2.24) is 0 Å². The van der Waals surface area contributed by atoms with Crippen molar-refractivity contribution in [3.8, 4) is 5.75 Å². The third-order valence-electron chi connectivity index (χ3n) is 2.78. The van der Waals surface area contributed by atoms with E-state index in [0.717, 1.165) is 4.47 Å². The molecule has 0 aromatic heterocycles. The number of hydrogen-bond acceptors (Lipinski definition) is 4. The molecule has 0 unspecified atom stereocenters. The van der Waals surface area contributed by atoms with Crippen LogP contribution in [0.4, 0.5) is 5.69 Å². The molecule has 2 rings (SSSR count). The first-order valence-electron chi connectivity index (χ1n) is 5.97. The van der Waals surface area contributed by atoms with Gasteiger partial charge in [-0.2, -0.15) is 0 Å². The number of hydrogen-bond donors (Lipinski definition) is 1. The van der Waals surface area contributed by atoms with E-state index >= 15 is 0 Å². The van der Waals surface area contributed by atoms with Crippen molar-refractivity contribution in [2.24, 2.45) is 0 Å². The molecule has 0 bridgehead atoms. The average molecular weight is 349 g/mol. The van der Waals surface area contributed by atoms with E-state index in [1.54, 1.807) is 18.2 Å². The van der Waals surface area contributed by atoms with Crippen LogP contribution >= 0.6 is 15.9 Å². The Morgan fingerprint density at radius 1 is 1.14 bits per heavy atom.